The second kappa shape index (κ2) is 13.9. The molecule has 282 valence electrons. The van der Waals surface area contributed by atoms with Crippen LogP contribution in [0.15, 0.2) is 204 Å². The molecule has 0 unspecified atom stereocenters. The van der Waals surface area contributed by atoms with Gasteiger partial charge in [-0.1, -0.05) is 196 Å². The van der Waals surface area contributed by atoms with Gasteiger partial charge in [0.1, 0.15) is 0 Å². The SMILES string of the molecule is CC1(C)c2ccccc2C2(c3ccccc3-c3ccccc32)c2cc(-c3ccc4cccc(C5=CCCCC(c6ccccc6)=NC(c6ccccc6)=N5)c4c3)ccc21. The number of rotatable bonds is 4. The summed E-state index contributed by atoms with van der Waals surface area (Å²) in [4.78, 5) is 10.8. The Labute approximate surface area is 347 Å². The van der Waals surface area contributed by atoms with E-state index in [1.54, 1.807) is 0 Å². The lowest BCUT2D eigenvalue weighted by Crippen LogP contribution is -2.40. The van der Waals surface area contributed by atoms with Gasteiger partial charge in [0.15, 0.2) is 5.84 Å². The van der Waals surface area contributed by atoms with Crippen molar-refractivity contribution >= 4 is 28.0 Å². The Morgan fingerprint density at radius 2 is 1.00 bits per heavy atom. The predicted molar refractivity (Wildman–Crippen MR) is 247 cm³/mol. The molecule has 11 rings (SSSR count). The van der Waals surface area contributed by atoms with Gasteiger partial charge < -0.3 is 0 Å². The van der Waals surface area contributed by atoms with E-state index in [9.17, 15) is 0 Å². The van der Waals surface area contributed by atoms with E-state index in [2.05, 4.69) is 208 Å². The number of aliphatic imine (C=N–C) groups is 2. The Balaban J connectivity index is 1.10. The molecule has 8 aromatic rings. The van der Waals surface area contributed by atoms with E-state index >= 15 is 0 Å². The number of amidine groups is 1. The average Bonchev–Trinajstić information content (AvgIpc) is 3.64. The molecule has 0 fully saturated rings. The van der Waals surface area contributed by atoms with Crippen molar-refractivity contribution in [2.45, 2.75) is 43.9 Å². The Bertz CT molecular complexity index is 2990. The van der Waals surface area contributed by atoms with E-state index in [-0.39, 0.29) is 5.41 Å². The summed E-state index contributed by atoms with van der Waals surface area (Å²) in [5.41, 5.74) is 18.0. The minimum atomic E-state index is -0.434. The lowest BCUT2D eigenvalue weighted by atomic mass is 9.55. The number of nitrogens with zero attached hydrogens (tertiary/aromatic N) is 2. The van der Waals surface area contributed by atoms with Crippen molar-refractivity contribution in [3.8, 4) is 22.3 Å². The Morgan fingerprint density at radius 3 is 1.73 bits per heavy atom. The molecule has 0 saturated carbocycles. The van der Waals surface area contributed by atoms with Crippen LogP contribution in [0.4, 0.5) is 0 Å². The molecular weight excluding hydrogens is 713 g/mol. The molecule has 0 aromatic heterocycles. The van der Waals surface area contributed by atoms with Gasteiger partial charge in [-0.2, -0.15) is 0 Å². The summed E-state index contributed by atoms with van der Waals surface area (Å²) >= 11 is 0. The standard InChI is InChI=1S/C57H44N2/c1-56(2)49-28-13-14-29-51(49)57(47-26-11-9-23-43(47)44-24-10-12-27-48(44)57)52-37-42(34-35-50(52)56)41-33-32-38-22-17-25-45(46(38)36-41)54-31-16-15-30-53(39-18-5-3-6-19-39)58-55(59-54)40-20-7-4-8-21-40/h3-14,17-29,31-37H,15-16,30H2,1-2H3. The molecule has 2 nitrogen and oxygen atoms in total. The molecule has 0 atom stereocenters. The van der Waals surface area contributed by atoms with Gasteiger partial charge in [0, 0.05) is 16.5 Å². The summed E-state index contributed by atoms with van der Waals surface area (Å²) in [7, 11) is 0. The summed E-state index contributed by atoms with van der Waals surface area (Å²) in [6, 6.07) is 69.2. The minimum absolute atomic E-state index is 0.181. The molecule has 2 heteroatoms. The number of fused-ring (bicyclic) bond motifs is 10. The zero-order chi connectivity index (χ0) is 39.6. The Hall–Kier alpha value is -6.90. The fourth-order valence-corrected chi connectivity index (χ4v) is 10.3. The van der Waals surface area contributed by atoms with Crippen LogP contribution in [0.5, 0.6) is 0 Å². The minimum Gasteiger partial charge on any atom is -0.233 e. The quantitative estimate of drug-likeness (QED) is 0.171. The van der Waals surface area contributed by atoms with Crippen LogP contribution in [-0.2, 0) is 10.8 Å². The van der Waals surface area contributed by atoms with E-state index in [1.807, 2.05) is 0 Å². The topological polar surface area (TPSA) is 24.7 Å². The molecule has 1 aliphatic heterocycles. The maximum absolute atomic E-state index is 5.44. The van der Waals surface area contributed by atoms with E-state index in [0.717, 1.165) is 53.2 Å². The fourth-order valence-electron chi connectivity index (χ4n) is 10.3. The van der Waals surface area contributed by atoms with Crippen molar-refractivity contribution in [1.82, 2.24) is 0 Å². The van der Waals surface area contributed by atoms with Gasteiger partial charge in [-0.05, 0) is 103 Å². The van der Waals surface area contributed by atoms with Crippen LogP contribution < -0.4 is 0 Å². The van der Waals surface area contributed by atoms with Crippen molar-refractivity contribution < 1.29 is 0 Å². The highest BCUT2D eigenvalue weighted by molar-refractivity contribution is 6.14. The van der Waals surface area contributed by atoms with Crippen molar-refractivity contribution in [1.29, 1.82) is 0 Å². The molecule has 0 N–H and O–H groups in total. The van der Waals surface area contributed by atoms with Crippen LogP contribution >= 0.6 is 0 Å². The monoisotopic (exact) mass is 756 g/mol. The summed E-state index contributed by atoms with van der Waals surface area (Å²) < 4.78 is 0. The van der Waals surface area contributed by atoms with Gasteiger partial charge in [0.05, 0.1) is 16.8 Å². The van der Waals surface area contributed by atoms with Gasteiger partial charge in [0.25, 0.3) is 0 Å². The molecule has 3 aliphatic rings. The Morgan fingerprint density at radius 1 is 0.424 bits per heavy atom. The lowest BCUT2D eigenvalue weighted by molar-refractivity contribution is 0.563. The van der Waals surface area contributed by atoms with Crippen molar-refractivity contribution in [3.63, 3.8) is 0 Å². The third-order valence-electron chi connectivity index (χ3n) is 13.1. The van der Waals surface area contributed by atoms with Crippen LogP contribution in [0.25, 0.3) is 38.7 Å². The fraction of sp³-hybridized carbons (Fsp3) is 0.123. The molecule has 0 bridgehead atoms. The molecule has 0 amide bonds. The molecule has 1 spiro atoms. The third kappa shape index (κ3) is 5.54. The number of benzene rings is 8. The highest BCUT2D eigenvalue weighted by Crippen LogP contribution is 2.62. The largest absolute Gasteiger partial charge is 0.233 e. The van der Waals surface area contributed by atoms with Crippen molar-refractivity contribution in [2.75, 3.05) is 0 Å². The summed E-state index contributed by atoms with van der Waals surface area (Å²) in [5.74, 6) is 0.741. The van der Waals surface area contributed by atoms with Crippen LogP contribution in [0.1, 0.15) is 83.2 Å². The normalized spacial score (nSPS) is 16.0. The molecule has 1 heterocycles. The summed E-state index contributed by atoms with van der Waals surface area (Å²) in [5, 5.41) is 2.38. The van der Waals surface area contributed by atoms with E-state index in [4.69, 9.17) is 9.98 Å². The van der Waals surface area contributed by atoms with Crippen molar-refractivity contribution in [2.24, 2.45) is 9.98 Å². The maximum atomic E-state index is 5.44. The number of hydrogen-bond acceptors (Lipinski definition) is 2. The molecule has 8 aromatic carbocycles. The lowest BCUT2D eigenvalue weighted by Gasteiger charge is -2.46. The van der Waals surface area contributed by atoms with E-state index in [1.165, 1.54) is 66.4 Å². The first kappa shape index (κ1) is 35.3. The van der Waals surface area contributed by atoms with Crippen molar-refractivity contribution in [3.05, 3.63) is 244 Å². The molecular formula is C57H44N2. The molecule has 0 radical (unpaired) electrons. The van der Waals surface area contributed by atoms with Gasteiger partial charge in [-0.15, -0.1) is 0 Å². The second-order valence-electron chi connectivity index (χ2n) is 16.7. The maximum Gasteiger partial charge on any atom is 0.160 e. The summed E-state index contributed by atoms with van der Waals surface area (Å²) in [6.45, 7) is 4.79. The number of allylic oxidation sites excluding steroid dienone is 1. The van der Waals surface area contributed by atoms with E-state index < -0.39 is 5.41 Å². The van der Waals surface area contributed by atoms with Gasteiger partial charge in [-0.3, -0.25) is 0 Å². The average molecular weight is 757 g/mol. The van der Waals surface area contributed by atoms with Crippen LogP contribution in [-0.4, -0.2) is 11.5 Å². The smallest absolute Gasteiger partial charge is 0.160 e. The van der Waals surface area contributed by atoms with Crippen LogP contribution in [0.2, 0.25) is 0 Å². The Kier molecular flexibility index (Phi) is 8.30. The predicted octanol–water partition coefficient (Wildman–Crippen LogP) is 14.0. The van der Waals surface area contributed by atoms with Gasteiger partial charge in [0.2, 0.25) is 0 Å². The van der Waals surface area contributed by atoms with Gasteiger partial charge >= 0.3 is 0 Å². The third-order valence-corrected chi connectivity index (χ3v) is 13.1. The first-order valence-electron chi connectivity index (χ1n) is 21.0. The molecule has 0 saturated heterocycles. The second-order valence-corrected chi connectivity index (χ2v) is 16.7. The van der Waals surface area contributed by atoms with Crippen LogP contribution in [0.3, 0.4) is 0 Å². The zero-order valence-corrected chi connectivity index (χ0v) is 33.5. The number of hydrogen-bond donors (Lipinski definition) is 0. The first-order chi connectivity index (χ1) is 29.0. The van der Waals surface area contributed by atoms with Gasteiger partial charge in [-0.25, -0.2) is 9.98 Å². The first-order valence-corrected chi connectivity index (χ1v) is 21.0. The van der Waals surface area contributed by atoms with Crippen LogP contribution in [0, 0.1) is 0 Å². The summed E-state index contributed by atoms with van der Waals surface area (Å²) in [6.07, 6.45) is 5.11. The highest BCUT2D eigenvalue weighted by atomic mass is 14.9. The molecule has 2 aliphatic carbocycles. The van der Waals surface area contributed by atoms with E-state index in [0.29, 0.717) is 0 Å². The molecule has 59 heavy (non-hydrogen) atoms. The zero-order valence-electron chi connectivity index (χ0n) is 33.5. The highest BCUT2D eigenvalue weighted by Gasteiger charge is 2.53.